The van der Waals surface area contributed by atoms with Gasteiger partial charge in [-0.15, -0.1) is 0 Å². The molecule has 0 fully saturated rings. The topological polar surface area (TPSA) is 70.2 Å². The molecule has 70 valence electrons. The third-order valence-corrected chi connectivity index (χ3v) is 2.09. The molecule has 1 heterocycles. The molecule has 0 atom stereocenters. The van der Waals surface area contributed by atoms with Gasteiger partial charge in [0, 0.05) is 22.7 Å². The summed E-state index contributed by atoms with van der Waals surface area (Å²) in [6.45, 7) is 0. The molecule has 1 aromatic carbocycles. The van der Waals surface area contributed by atoms with E-state index < -0.39 is 5.97 Å². The first-order valence-corrected chi connectivity index (χ1v) is 4.02. The zero-order valence-corrected chi connectivity index (χ0v) is 7.15. The maximum Gasteiger partial charge on any atom is 0.335 e. The summed E-state index contributed by atoms with van der Waals surface area (Å²) in [7, 11) is 0. The Morgan fingerprint density at radius 1 is 1.43 bits per heavy atom. The van der Waals surface area contributed by atoms with Crippen molar-refractivity contribution in [3.05, 3.63) is 35.5 Å². The van der Waals surface area contributed by atoms with Gasteiger partial charge in [-0.2, -0.15) is 0 Å². The van der Waals surface area contributed by atoms with Gasteiger partial charge in [0.15, 0.2) is 6.29 Å². The van der Waals surface area contributed by atoms with E-state index in [-0.39, 0.29) is 5.56 Å². The average molecular weight is 189 g/mol. The van der Waals surface area contributed by atoms with Crippen LogP contribution in [0.4, 0.5) is 0 Å². The summed E-state index contributed by atoms with van der Waals surface area (Å²) in [5.74, 6) is -0.995. The number of aldehydes is 1. The van der Waals surface area contributed by atoms with Gasteiger partial charge in [0.2, 0.25) is 0 Å². The lowest BCUT2D eigenvalue weighted by atomic mass is 10.1. The highest BCUT2D eigenvalue weighted by Crippen LogP contribution is 2.18. The Bertz CT molecular complexity index is 513. The molecule has 0 saturated heterocycles. The fourth-order valence-electron chi connectivity index (χ4n) is 1.37. The van der Waals surface area contributed by atoms with Crippen LogP contribution in [0.25, 0.3) is 10.9 Å². The van der Waals surface area contributed by atoms with Crippen LogP contribution in [-0.4, -0.2) is 22.3 Å². The third kappa shape index (κ3) is 1.17. The van der Waals surface area contributed by atoms with Crippen LogP contribution in [0, 0.1) is 0 Å². The zero-order valence-electron chi connectivity index (χ0n) is 7.15. The second kappa shape index (κ2) is 2.99. The number of fused-ring (bicyclic) bond motifs is 1. The molecule has 0 spiro atoms. The van der Waals surface area contributed by atoms with Crippen molar-refractivity contribution in [2.75, 3.05) is 0 Å². The molecule has 0 aliphatic heterocycles. The van der Waals surface area contributed by atoms with Crippen LogP contribution in [0.5, 0.6) is 0 Å². The van der Waals surface area contributed by atoms with E-state index in [2.05, 4.69) is 4.98 Å². The molecule has 0 aliphatic rings. The molecular weight excluding hydrogens is 182 g/mol. The van der Waals surface area contributed by atoms with Crippen molar-refractivity contribution in [2.24, 2.45) is 0 Å². The van der Waals surface area contributed by atoms with Crippen molar-refractivity contribution in [1.82, 2.24) is 4.98 Å². The van der Waals surface area contributed by atoms with E-state index in [0.717, 1.165) is 5.52 Å². The molecule has 0 unspecified atom stereocenters. The molecule has 14 heavy (non-hydrogen) atoms. The molecule has 4 heteroatoms. The van der Waals surface area contributed by atoms with Crippen LogP contribution in [0.2, 0.25) is 0 Å². The highest BCUT2D eigenvalue weighted by molar-refractivity contribution is 6.01. The number of carboxylic acids is 1. The van der Waals surface area contributed by atoms with Gasteiger partial charge >= 0.3 is 5.97 Å². The van der Waals surface area contributed by atoms with E-state index >= 15 is 0 Å². The Labute approximate surface area is 79.2 Å². The molecule has 2 rings (SSSR count). The smallest absolute Gasteiger partial charge is 0.335 e. The molecule has 0 amide bonds. The van der Waals surface area contributed by atoms with Gasteiger partial charge in [-0.3, -0.25) is 4.79 Å². The first kappa shape index (κ1) is 8.50. The fraction of sp³-hybridized carbons (Fsp3) is 0. The van der Waals surface area contributed by atoms with Crippen LogP contribution in [0.1, 0.15) is 20.7 Å². The number of aromatic carboxylic acids is 1. The second-order valence-corrected chi connectivity index (χ2v) is 2.93. The Kier molecular flexibility index (Phi) is 1.81. The minimum Gasteiger partial charge on any atom is -0.478 e. The summed E-state index contributed by atoms with van der Waals surface area (Å²) in [5, 5.41) is 9.39. The lowest BCUT2D eigenvalue weighted by Crippen LogP contribution is -1.95. The first-order valence-electron chi connectivity index (χ1n) is 4.02. The van der Waals surface area contributed by atoms with E-state index in [9.17, 15) is 9.59 Å². The van der Waals surface area contributed by atoms with Crippen molar-refractivity contribution in [2.45, 2.75) is 0 Å². The Balaban J connectivity index is 2.73. The highest BCUT2D eigenvalue weighted by Gasteiger charge is 2.07. The summed E-state index contributed by atoms with van der Waals surface area (Å²) in [5.41, 5.74) is 1.42. The lowest BCUT2D eigenvalue weighted by Gasteiger charge is -1.94. The van der Waals surface area contributed by atoms with Gasteiger partial charge in [-0.25, -0.2) is 4.79 Å². The Morgan fingerprint density at radius 3 is 2.86 bits per heavy atom. The number of rotatable bonds is 2. The van der Waals surface area contributed by atoms with Crippen molar-refractivity contribution in [3.63, 3.8) is 0 Å². The summed E-state index contributed by atoms with van der Waals surface area (Å²) in [4.78, 5) is 24.1. The van der Waals surface area contributed by atoms with Crippen LogP contribution < -0.4 is 0 Å². The van der Waals surface area contributed by atoms with E-state index in [0.29, 0.717) is 17.2 Å². The number of hydrogen-bond acceptors (Lipinski definition) is 2. The number of carbonyl (C=O) groups is 2. The molecular formula is C10H7NO3. The molecule has 2 aromatic rings. The van der Waals surface area contributed by atoms with Gasteiger partial charge < -0.3 is 10.1 Å². The number of benzene rings is 1. The third-order valence-electron chi connectivity index (χ3n) is 2.09. The van der Waals surface area contributed by atoms with Crippen molar-refractivity contribution in [3.8, 4) is 0 Å². The van der Waals surface area contributed by atoms with Crippen LogP contribution >= 0.6 is 0 Å². The standard InChI is InChI=1S/C10H7NO3/c12-5-7-4-11-9-2-1-6(10(13)14)3-8(7)9/h1-5,11H,(H,13,14). The molecule has 0 bridgehead atoms. The predicted molar refractivity (Wildman–Crippen MR) is 50.6 cm³/mol. The minimum atomic E-state index is -0.995. The van der Waals surface area contributed by atoms with Crippen molar-refractivity contribution >= 4 is 23.2 Å². The average Bonchev–Trinajstić information content (AvgIpc) is 2.59. The maximum absolute atomic E-state index is 10.7. The zero-order chi connectivity index (χ0) is 10.1. The van der Waals surface area contributed by atoms with E-state index in [4.69, 9.17) is 5.11 Å². The number of hydrogen-bond donors (Lipinski definition) is 2. The largest absolute Gasteiger partial charge is 0.478 e. The Hall–Kier alpha value is -2.10. The molecule has 0 radical (unpaired) electrons. The van der Waals surface area contributed by atoms with Crippen molar-refractivity contribution < 1.29 is 14.7 Å². The monoisotopic (exact) mass is 189 g/mol. The molecule has 0 saturated carbocycles. The number of carboxylic acid groups (broad SMARTS) is 1. The number of H-pyrrole nitrogens is 1. The van der Waals surface area contributed by atoms with Crippen LogP contribution in [-0.2, 0) is 0 Å². The molecule has 1 aromatic heterocycles. The van der Waals surface area contributed by atoms with Gasteiger partial charge in [-0.1, -0.05) is 0 Å². The highest BCUT2D eigenvalue weighted by atomic mass is 16.4. The number of aromatic nitrogens is 1. The summed E-state index contributed by atoms with van der Waals surface area (Å²) < 4.78 is 0. The van der Waals surface area contributed by atoms with Gasteiger partial charge in [0.1, 0.15) is 0 Å². The van der Waals surface area contributed by atoms with Crippen molar-refractivity contribution in [1.29, 1.82) is 0 Å². The van der Waals surface area contributed by atoms with E-state index in [1.807, 2.05) is 0 Å². The van der Waals surface area contributed by atoms with Crippen LogP contribution in [0.15, 0.2) is 24.4 Å². The fourth-order valence-corrected chi connectivity index (χ4v) is 1.37. The van der Waals surface area contributed by atoms with Gasteiger partial charge in [0.25, 0.3) is 0 Å². The van der Waals surface area contributed by atoms with Gasteiger partial charge in [0.05, 0.1) is 5.56 Å². The van der Waals surface area contributed by atoms with Gasteiger partial charge in [-0.05, 0) is 18.2 Å². The van der Waals surface area contributed by atoms with Crippen LogP contribution in [0.3, 0.4) is 0 Å². The Morgan fingerprint density at radius 2 is 2.21 bits per heavy atom. The molecule has 4 nitrogen and oxygen atoms in total. The lowest BCUT2D eigenvalue weighted by molar-refractivity contribution is 0.0697. The normalized spacial score (nSPS) is 10.3. The number of aromatic amines is 1. The minimum absolute atomic E-state index is 0.181. The van der Waals surface area contributed by atoms with E-state index in [1.54, 1.807) is 12.3 Å². The summed E-state index contributed by atoms with van der Waals surface area (Å²) in [6.07, 6.45) is 2.26. The maximum atomic E-state index is 10.7. The first-order chi connectivity index (χ1) is 6.72. The number of nitrogens with one attached hydrogen (secondary N) is 1. The molecule has 0 aliphatic carbocycles. The predicted octanol–water partition coefficient (Wildman–Crippen LogP) is 1.68. The second-order valence-electron chi connectivity index (χ2n) is 2.93. The number of carbonyl (C=O) groups excluding carboxylic acids is 1. The summed E-state index contributed by atoms with van der Waals surface area (Å²) >= 11 is 0. The quantitative estimate of drug-likeness (QED) is 0.706. The van der Waals surface area contributed by atoms with E-state index in [1.165, 1.54) is 12.1 Å². The summed E-state index contributed by atoms with van der Waals surface area (Å²) in [6, 6.07) is 4.62. The SMILES string of the molecule is O=Cc1c[nH]c2ccc(C(=O)O)cc12. The molecule has 2 N–H and O–H groups in total.